The van der Waals surface area contributed by atoms with Crippen molar-refractivity contribution in [2.75, 3.05) is 0 Å². The monoisotopic (exact) mass is 310 g/mol. The molecule has 2 aromatic heterocycles. The second-order valence-electron chi connectivity index (χ2n) is 5.53. The largest absolute Gasteiger partial charge is 0.330 e. The van der Waals surface area contributed by atoms with Gasteiger partial charge in [0, 0.05) is 43.7 Å². The van der Waals surface area contributed by atoms with E-state index in [4.69, 9.17) is 0 Å². The molecule has 0 aliphatic heterocycles. The maximum absolute atomic E-state index is 4.66. The molecular formula is C19H26N4. The van der Waals surface area contributed by atoms with E-state index < -0.39 is 0 Å². The summed E-state index contributed by atoms with van der Waals surface area (Å²) in [7, 11) is 2.02. The normalized spacial score (nSPS) is 11.7. The molecule has 2 rings (SSSR count). The third-order valence-corrected chi connectivity index (χ3v) is 4.11. The van der Waals surface area contributed by atoms with Crippen molar-refractivity contribution in [2.45, 2.75) is 39.7 Å². The van der Waals surface area contributed by atoms with Gasteiger partial charge in [-0.05, 0) is 18.4 Å². The highest BCUT2D eigenvalue weighted by atomic mass is 15.3. The molecule has 0 saturated carbocycles. The van der Waals surface area contributed by atoms with E-state index in [-0.39, 0.29) is 0 Å². The van der Waals surface area contributed by atoms with Gasteiger partial charge in [0.25, 0.3) is 0 Å². The SMILES string of the molecule is C=C/C=C(\C=C)Cn1ccnc1Cc1c(CC)nn(C)c1CC. The van der Waals surface area contributed by atoms with Crippen LogP contribution in [0.1, 0.15) is 36.6 Å². The lowest BCUT2D eigenvalue weighted by atomic mass is 10.1. The summed E-state index contributed by atoms with van der Waals surface area (Å²) in [4.78, 5) is 4.56. The van der Waals surface area contributed by atoms with Crippen molar-refractivity contribution in [1.82, 2.24) is 19.3 Å². The average molecular weight is 310 g/mol. The lowest BCUT2D eigenvalue weighted by Crippen LogP contribution is -2.07. The number of aromatic nitrogens is 4. The van der Waals surface area contributed by atoms with Gasteiger partial charge in [0.05, 0.1) is 5.69 Å². The predicted molar refractivity (Wildman–Crippen MR) is 95.5 cm³/mol. The highest BCUT2D eigenvalue weighted by Gasteiger charge is 2.16. The minimum atomic E-state index is 0.758. The van der Waals surface area contributed by atoms with E-state index in [1.807, 2.05) is 36.3 Å². The molecule has 0 fully saturated rings. The third-order valence-electron chi connectivity index (χ3n) is 4.11. The van der Waals surface area contributed by atoms with Crippen molar-refractivity contribution in [3.8, 4) is 0 Å². The quantitative estimate of drug-likeness (QED) is 0.698. The van der Waals surface area contributed by atoms with Crippen LogP contribution in [0.4, 0.5) is 0 Å². The van der Waals surface area contributed by atoms with Crippen molar-refractivity contribution < 1.29 is 0 Å². The van der Waals surface area contributed by atoms with Gasteiger partial charge in [0.1, 0.15) is 5.82 Å². The Morgan fingerprint density at radius 1 is 1.26 bits per heavy atom. The fraction of sp³-hybridized carbons (Fsp3) is 0.368. The Balaban J connectivity index is 2.32. The van der Waals surface area contributed by atoms with Gasteiger partial charge < -0.3 is 4.57 Å². The lowest BCUT2D eigenvalue weighted by molar-refractivity contribution is 0.702. The second kappa shape index (κ2) is 7.77. The van der Waals surface area contributed by atoms with Crippen LogP contribution < -0.4 is 0 Å². The van der Waals surface area contributed by atoms with E-state index >= 15 is 0 Å². The van der Waals surface area contributed by atoms with Gasteiger partial charge >= 0.3 is 0 Å². The van der Waals surface area contributed by atoms with Crippen molar-refractivity contribution in [2.24, 2.45) is 7.05 Å². The first kappa shape index (κ1) is 17.0. The smallest absolute Gasteiger partial charge is 0.113 e. The van der Waals surface area contributed by atoms with Crippen LogP contribution in [0, 0.1) is 0 Å². The summed E-state index contributed by atoms with van der Waals surface area (Å²) in [6, 6.07) is 0. The Bertz CT molecular complexity index is 716. The topological polar surface area (TPSA) is 35.6 Å². The fourth-order valence-electron chi connectivity index (χ4n) is 2.94. The molecular weight excluding hydrogens is 284 g/mol. The first-order valence-corrected chi connectivity index (χ1v) is 8.12. The fourth-order valence-corrected chi connectivity index (χ4v) is 2.94. The van der Waals surface area contributed by atoms with Gasteiger partial charge in [-0.3, -0.25) is 4.68 Å². The van der Waals surface area contributed by atoms with Gasteiger partial charge in [-0.25, -0.2) is 4.98 Å². The van der Waals surface area contributed by atoms with Crippen molar-refractivity contribution >= 4 is 0 Å². The molecule has 0 saturated heterocycles. The summed E-state index contributed by atoms with van der Waals surface area (Å²) in [5.41, 5.74) is 4.90. The van der Waals surface area contributed by atoms with E-state index in [0.29, 0.717) is 0 Å². The number of aryl methyl sites for hydroxylation is 2. The maximum Gasteiger partial charge on any atom is 0.113 e. The number of rotatable bonds is 8. The molecule has 122 valence electrons. The summed E-state index contributed by atoms with van der Waals surface area (Å²) in [5.74, 6) is 1.05. The van der Waals surface area contributed by atoms with E-state index in [0.717, 1.165) is 37.2 Å². The molecule has 0 amide bonds. The Hall–Kier alpha value is -2.36. The summed E-state index contributed by atoms with van der Waals surface area (Å²) < 4.78 is 4.18. The zero-order valence-electron chi connectivity index (χ0n) is 14.4. The van der Waals surface area contributed by atoms with Gasteiger partial charge in [-0.15, -0.1) is 0 Å². The van der Waals surface area contributed by atoms with E-state index in [1.165, 1.54) is 17.0 Å². The molecule has 4 nitrogen and oxygen atoms in total. The molecule has 0 N–H and O–H groups in total. The van der Waals surface area contributed by atoms with Crippen molar-refractivity contribution in [3.63, 3.8) is 0 Å². The van der Waals surface area contributed by atoms with Crippen molar-refractivity contribution in [1.29, 1.82) is 0 Å². The molecule has 2 aromatic rings. The third kappa shape index (κ3) is 3.70. The standard InChI is InChI=1S/C19H26N4/c1-6-10-15(7-2)14-23-12-11-20-19(23)13-16-17(8-3)21-22(5)18(16)9-4/h6-7,10-12H,1-2,8-9,13-14H2,3-5H3/b15-10+. The number of allylic oxidation sites excluding steroid dienone is 4. The average Bonchev–Trinajstić information content (AvgIpc) is 3.11. The summed E-state index contributed by atoms with van der Waals surface area (Å²) in [6.45, 7) is 12.7. The zero-order chi connectivity index (χ0) is 16.8. The molecule has 0 aliphatic rings. The minimum Gasteiger partial charge on any atom is -0.330 e. The second-order valence-corrected chi connectivity index (χ2v) is 5.53. The van der Waals surface area contributed by atoms with Crippen LogP contribution in [-0.2, 0) is 32.9 Å². The first-order valence-electron chi connectivity index (χ1n) is 8.12. The van der Waals surface area contributed by atoms with E-state index in [9.17, 15) is 0 Å². The molecule has 0 aliphatic carbocycles. The molecule has 0 aromatic carbocycles. The van der Waals surface area contributed by atoms with Gasteiger partial charge in [0.15, 0.2) is 0 Å². The number of hydrogen-bond donors (Lipinski definition) is 0. The maximum atomic E-state index is 4.66. The molecule has 4 heteroatoms. The highest BCUT2D eigenvalue weighted by Crippen LogP contribution is 2.19. The van der Waals surface area contributed by atoms with Crippen LogP contribution >= 0.6 is 0 Å². The predicted octanol–water partition coefficient (Wildman–Crippen LogP) is 3.63. The minimum absolute atomic E-state index is 0.758. The number of imidazole rings is 1. The Morgan fingerprint density at radius 2 is 2.04 bits per heavy atom. The summed E-state index contributed by atoms with van der Waals surface area (Å²) in [5, 5.41) is 4.66. The molecule has 23 heavy (non-hydrogen) atoms. The molecule has 0 bridgehead atoms. The molecule has 2 heterocycles. The van der Waals surface area contributed by atoms with Crippen LogP contribution in [0.3, 0.4) is 0 Å². The summed E-state index contributed by atoms with van der Waals surface area (Å²) in [6.07, 6.45) is 12.2. The van der Waals surface area contributed by atoms with Crippen LogP contribution in [-0.4, -0.2) is 19.3 Å². The van der Waals surface area contributed by atoms with Crippen LogP contribution in [0.5, 0.6) is 0 Å². The van der Waals surface area contributed by atoms with Gasteiger partial charge in [-0.1, -0.05) is 45.2 Å². The molecule has 0 unspecified atom stereocenters. The zero-order valence-corrected chi connectivity index (χ0v) is 14.4. The van der Waals surface area contributed by atoms with Crippen LogP contribution in [0.2, 0.25) is 0 Å². The Labute approximate surface area is 138 Å². The molecule has 0 atom stereocenters. The Kier molecular flexibility index (Phi) is 5.74. The van der Waals surface area contributed by atoms with Crippen molar-refractivity contribution in [3.05, 3.63) is 72.1 Å². The molecule has 0 spiro atoms. The van der Waals surface area contributed by atoms with Crippen LogP contribution in [0.15, 0.2) is 49.4 Å². The Morgan fingerprint density at radius 3 is 2.65 bits per heavy atom. The van der Waals surface area contributed by atoms with Crippen LogP contribution in [0.25, 0.3) is 0 Å². The number of nitrogens with zero attached hydrogens (tertiary/aromatic N) is 4. The van der Waals surface area contributed by atoms with E-state index in [2.05, 4.69) is 41.7 Å². The first-order chi connectivity index (χ1) is 11.1. The lowest BCUT2D eigenvalue weighted by Gasteiger charge is -2.10. The summed E-state index contributed by atoms with van der Waals surface area (Å²) >= 11 is 0. The van der Waals surface area contributed by atoms with Gasteiger partial charge in [-0.2, -0.15) is 5.10 Å². The number of hydrogen-bond acceptors (Lipinski definition) is 2. The van der Waals surface area contributed by atoms with Gasteiger partial charge in [0.2, 0.25) is 0 Å². The molecule has 0 radical (unpaired) electrons. The van der Waals surface area contributed by atoms with E-state index in [1.54, 1.807) is 6.08 Å². The highest BCUT2D eigenvalue weighted by molar-refractivity contribution is 5.30.